The maximum atomic E-state index is 10.5. The van der Waals surface area contributed by atoms with Crippen LogP contribution < -0.4 is 0 Å². The molecule has 0 bridgehead atoms. The maximum absolute atomic E-state index is 10.5. The summed E-state index contributed by atoms with van der Waals surface area (Å²) >= 11 is 0. The van der Waals surface area contributed by atoms with Crippen molar-refractivity contribution in [1.82, 2.24) is 0 Å². The maximum Gasteiger partial charge on any atom is 0.271 e. The third kappa shape index (κ3) is 4.00. The molecule has 0 aromatic rings. The van der Waals surface area contributed by atoms with Crippen molar-refractivity contribution >= 4 is 10.1 Å². The zero-order valence-electron chi connectivity index (χ0n) is 6.27. The van der Waals surface area contributed by atoms with Crippen LogP contribution in [0.25, 0.3) is 0 Å². The van der Waals surface area contributed by atoms with E-state index in [2.05, 4.69) is 0 Å². The van der Waals surface area contributed by atoms with Gasteiger partial charge in [-0.2, -0.15) is 8.42 Å². The predicted molar refractivity (Wildman–Crippen MR) is 42.0 cm³/mol. The molecule has 0 aliphatic carbocycles. The SMILES string of the molecule is CCCC(/C=C/O)S(=O)(=O)O. The van der Waals surface area contributed by atoms with Crippen molar-refractivity contribution in [2.45, 2.75) is 25.0 Å². The van der Waals surface area contributed by atoms with Gasteiger partial charge in [0.15, 0.2) is 0 Å². The van der Waals surface area contributed by atoms with Gasteiger partial charge in [-0.1, -0.05) is 13.3 Å². The van der Waals surface area contributed by atoms with Gasteiger partial charge in [-0.3, -0.25) is 4.55 Å². The van der Waals surface area contributed by atoms with Crippen LogP contribution in [0.4, 0.5) is 0 Å². The molecule has 0 aromatic carbocycles. The molecule has 0 saturated carbocycles. The summed E-state index contributed by atoms with van der Waals surface area (Å²) in [4.78, 5) is 0. The summed E-state index contributed by atoms with van der Waals surface area (Å²) in [5.41, 5.74) is 0. The van der Waals surface area contributed by atoms with Crippen molar-refractivity contribution in [1.29, 1.82) is 0 Å². The summed E-state index contributed by atoms with van der Waals surface area (Å²) in [6.45, 7) is 1.80. The molecule has 5 heteroatoms. The topological polar surface area (TPSA) is 74.6 Å². The minimum absolute atomic E-state index is 0.315. The second-order valence-electron chi connectivity index (χ2n) is 2.18. The quantitative estimate of drug-likeness (QED) is 0.502. The van der Waals surface area contributed by atoms with Crippen molar-refractivity contribution in [3.63, 3.8) is 0 Å². The molecule has 0 saturated heterocycles. The second kappa shape index (κ2) is 4.35. The van der Waals surface area contributed by atoms with Crippen LogP contribution in [0, 0.1) is 0 Å². The van der Waals surface area contributed by atoms with Crippen LogP contribution in [0.15, 0.2) is 12.3 Å². The zero-order valence-corrected chi connectivity index (χ0v) is 7.08. The van der Waals surface area contributed by atoms with E-state index in [1.54, 1.807) is 6.92 Å². The highest BCUT2D eigenvalue weighted by atomic mass is 32.2. The molecule has 0 aliphatic rings. The van der Waals surface area contributed by atoms with E-state index >= 15 is 0 Å². The van der Waals surface area contributed by atoms with E-state index in [-0.39, 0.29) is 0 Å². The molecule has 0 radical (unpaired) electrons. The average molecular weight is 180 g/mol. The zero-order chi connectivity index (χ0) is 8.91. The van der Waals surface area contributed by atoms with Crippen LogP contribution in [-0.4, -0.2) is 23.3 Å². The predicted octanol–water partition coefficient (Wildman–Crippen LogP) is 1.11. The highest BCUT2D eigenvalue weighted by Crippen LogP contribution is 2.07. The van der Waals surface area contributed by atoms with E-state index in [1.807, 2.05) is 0 Å². The smallest absolute Gasteiger partial charge is 0.271 e. The van der Waals surface area contributed by atoms with Gasteiger partial charge in [-0.25, -0.2) is 0 Å². The molecule has 4 nitrogen and oxygen atoms in total. The monoisotopic (exact) mass is 180 g/mol. The molecule has 0 heterocycles. The standard InChI is InChI=1S/C6H12O4S/c1-2-3-6(4-5-7)11(8,9)10/h4-7H,2-3H2,1H3,(H,8,9,10)/b5-4+. The van der Waals surface area contributed by atoms with Crippen molar-refractivity contribution < 1.29 is 18.1 Å². The number of rotatable bonds is 4. The van der Waals surface area contributed by atoms with Gasteiger partial charge in [0.2, 0.25) is 0 Å². The molecular formula is C6H12O4S. The van der Waals surface area contributed by atoms with Gasteiger partial charge in [0.05, 0.1) is 6.26 Å². The lowest BCUT2D eigenvalue weighted by Gasteiger charge is -2.05. The Labute approximate surface area is 66.3 Å². The summed E-state index contributed by atoms with van der Waals surface area (Å²) < 4.78 is 29.6. The van der Waals surface area contributed by atoms with Gasteiger partial charge in [0.1, 0.15) is 5.25 Å². The summed E-state index contributed by atoms with van der Waals surface area (Å²) in [5, 5.41) is 7.30. The molecule has 0 amide bonds. The van der Waals surface area contributed by atoms with Crippen LogP contribution in [0.5, 0.6) is 0 Å². The molecule has 66 valence electrons. The van der Waals surface area contributed by atoms with Crippen LogP contribution in [0.3, 0.4) is 0 Å². The second-order valence-corrected chi connectivity index (χ2v) is 3.82. The van der Waals surface area contributed by atoms with Crippen LogP contribution in [-0.2, 0) is 10.1 Å². The molecule has 0 spiro atoms. The summed E-state index contributed by atoms with van der Waals surface area (Å²) in [5.74, 6) is 0. The number of hydrogen-bond donors (Lipinski definition) is 2. The van der Waals surface area contributed by atoms with E-state index < -0.39 is 15.4 Å². The van der Waals surface area contributed by atoms with Gasteiger partial charge in [-0.05, 0) is 12.5 Å². The molecule has 0 aliphatic heterocycles. The van der Waals surface area contributed by atoms with Gasteiger partial charge < -0.3 is 5.11 Å². The molecule has 1 unspecified atom stereocenters. The fourth-order valence-corrected chi connectivity index (χ4v) is 1.53. The Morgan fingerprint density at radius 1 is 1.55 bits per heavy atom. The number of aliphatic hydroxyl groups is 1. The summed E-state index contributed by atoms with van der Waals surface area (Å²) in [7, 11) is -4.04. The van der Waals surface area contributed by atoms with Crippen molar-refractivity contribution in [3.8, 4) is 0 Å². The van der Waals surface area contributed by atoms with Crippen molar-refractivity contribution in [2.75, 3.05) is 0 Å². The van der Waals surface area contributed by atoms with Gasteiger partial charge in [0, 0.05) is 0 Å². The normalized spacial score (nSPS) is 15.5. The lowest BCUT2D eigenvalue weighted by atomic mass is 10.2. The Morgan fingerprint density at radius 3 is 2.36 bits per heavy atom. The highest BCUT2D eigenvalue weighted by Gasteiger charge is 2.18. The Hall–Kier alpha value is -0.550. The van der Waals surface area contributed by atoms with E-state index in [9.17, 15) is 8.42 Å². The minimum atomic E-state index is -4.04. The van der Waals surface area contributed by atoms with E-state index in [4.69, 9.17) is 9.66 Å². The molecule has 1 atom stereocenters. The molecule has 0 fully saturated rings. The Balaban J connectivity index is 4.35. The van der Waals surface area contributed by atoms with E-state index in [1.165, 1.54) is 0 Å². The van der Waals surface area contributed by atoms with E-state index in [0.29, 0.717) is 19.1 Å². The summed E-state index contributed by atoms with van der Waals surface area (Å²) in [6, 6.07) is 0. The Kier molecular flexibility index (Phi) is 4.14. The molecule has 2 N–H and O–H groups in total. The average Bonchev–Trinajstić information content (AvgIpc) is 1.85. The van der Waals surface area contributed by atoms with Crippen LogP contribution >= 0.6 is 0 Å². The first-order valence-electron chi connectivity index (χ1n) is 3.29. The summed E-state index contributed by atoms with van der Waals surface area (Å²) in [6.07, 6.45) is 2.64. The van der Waals surface area contributed by atoms with Crippen LogP contribution in [0.2, 0.25) is 0 Å². The Morgan fingerprint density at radius 2 is 2.09 bits per heavy atom. The third-order valence-corrected chi connectivity index (χ3v) is 2.41. The fourth-order valence-electron chi connectivity index (χ4n) is 0.725. The lowest BCUT2D eigenvalue weighted by Crippen LogP contribution is -2.17. The minimum Gasteiger partial charge on any atom is -0.516 e. The first kappa shape index (κ1) is 10.4. The first-order chi connectivity index (χ1) is 5.02. The van der Waals surface area contributed by atoms with E-state index in [0.717, 1.165) is 6.08 Å². The molecule has 0 rings (SSSR count). The van der Waals surface area contributed by atoms with Crippen molar-refractivity contribution in [3.05, 3.63) is 12.3 Å². The Bertz CT molecular complexity index is 217. The van der Waals surface area contributed by atoms with Gasteiger partial charge in [0.25, 0.3) is 10.1 Å². The molecule has 11 heavy (non-hydrogen) atoms. The number of aliphatic hydroxyl groups excluding tert-OH is 1. The van der Waals surface area contributed by atoms with Crippen molar-refractivity contribution in [2.24, 2.45) is 0 Å². The third-order valence-electron chi connectivity index (χ3n) is 1.26. The fraction of sp³-hybridized carbons (Fsp3) is 0.667. The van der Waals surface area contributed by atoms with Gasteiger partial charge >= 0.3 is 0 Å². The lowest BCUT2D eigenvalue weighted by molar-refractivity contribution is 0.456. The molecule has 0 aromatic heterocycles. The van der Waals surface area contributed by atoms with Crippen LogP contribution in [0.1, 0.15) is 19.8 Å². The largest absolute Gasteiger partial charge is 0.516 e. The first-order valence-corrected chi connectivity index (χ1v) is 4.80. The highest BCUT2D eigenvalue weighted by molar-refractivity contribution is 7.86. The number of hydrogen-bond acceptors (Lipinski definition) is 3. The van der Waals surface area contributed by atoms with Gasteiger partial charge in [-0.15, -0.1) is 0 Å². The molecular weight excluding hydrogens is 168 g/mol.